The molecule has 1 aromatic heterocycles. The first kappa shape index (κ1) is 12.3. The first-order chi connectivity index (χ1) is 8.65. The smallest absolute Gasteiger partial charge is 0.284 e. The summed E-state index contributed by atoms with van der Waals surface area (Å²) < 4.78 is 0. The summed E-state index contributed by atoms with van der Waals surface area (Å²) in [4.78, 5) is 26.5. The zero-order valence-corrected chi connectivity index (χ0v) is 10.5. The first-order valence-corrected chi connectivity index (χ1v) is 6.11. The number of nitrogens with zero attached hydrogens (tertiary/aromatic N) is 1. The number of thiazole rings is 1. The lowest BCUT2D eigenvalue weighted by molar-refractivity contribution is -0.114. The summed E-state index contributed by atoms with van der Waals surface area (Å²) in [5.74, 6) is -0.369. The van der Waals surface area contributed by atoms with Gasteiger partial charge in [0.1, 0.15) is 0 Å². The zero-order valence-electron chi connectivity index (χ0n) is 9.64. The van der Waals surface area contributed by atoms with Gasteiger partial charge in [-0.2, -0.15) is 0 Å². The SMILES string of the molecule is CC(=O)Nc1ccc(NC(=O)c2nccs2)cc1. The minimum absolute atomic E-state index is 0.130. The van der Waals surface area contributed by atoms with Crippen molar-refractivity contribution in [1.29, 1.82) is 0 Å². The lowest BCUT2D eigenvalue weighted by Crippen LogP contribution is -2.11. The van der Waals surface area contributed by atoms with Crippen LogP contribution >= 0.6 is 11.3 Å². The molecule has 92 valence electrons. The van der Waals surface area contributed by atoms with Gasteiger partial charge in [-0.1, -0.05) is 0 Å². The highest BCUT2D eigenvalue weighted by atomic mass is 32.1. The zero-order chi connectivity index (χ0) is 13.0. The summed E-state index contributed by atoms with van der Waals surface area (Å²) in [5.41, 5.74) is 1.35. The lowest BCUT2D eigenvalue weighted by Gasteiger charge is -2.05. The predicted octanol–water partition coefficient (Wildman–Crippen LogP) is 2.35. The molecular formula is C12H11N3O2S. The minimum Gasteiger partial charge on any atom is -0.326 e. The fourth-order valence-electron chi connectivity index (χ4n) is 1.36. The molecule has 2 aromatic rings. The number of hydrogen-bond acceptors (Lipinski definition) is 4. The molecule has 2 rings (SSSR count). The first-order valence-electron chi connectivity index (χ1n) is 5.23. The van der Waals surface area contributed by atoms with Gasteiger partial charge in [-0.25, -0.2) is 4.98 Å². The number of carbonyl (C=O) groups excluding carboxylic acids is 2. The molecule has 1 aromatic carbocycles. The summed E-state index contributed by atoms with van der Waals surface area (Å²) in [6.45, 7) is 1.44. The van der Waals surface area contributed by atoms with Crippen LogP contribution in [0, 0.1) is 0 Å². The summed E-state index contributed by atoms with van der Waals surface area (Å²) in [5, 5.41) is 7.53. The van der Waals surface area contributed by atoms with E-state index >= 15 is 0 Å². The van der Waals surface area contributed by atoms with Crippen LogP contribution in [0.5, 0.6) is 0 Å². The van der Waals surface area contributed by atoms with Gasteiger partial charge in [-0.3, -0.25) is 9.59 Å². The van der Waals surface area contributed by atoms with Crippen molar-refractivity contribution < 1.29 is 9.59 Å². The Kier molecular flexibility index (Phi) is 3.69. The highest BCUT2D eigenvalue weighted by Gasteiger charge is 2.08. The van der Waals surface area contributed by atoms with Gasteiger partial charge >= 0.3 is 0 Å². The van der Waals surface area contributed by atoms with Gasteiger partial charge in [0.05, 0.1) is 0 Å². The Bertz CT molecular complexity index is 549. The van der Waals surface area contributed by atoms with E-state index in [9.17, 15) is 9.59 Å². The Morgan fingerprint density at radius 2 is 1.72 bits per heavy atom. The van der Waals surface area contributed by atoms with Crippen molar-refractivity contribution >= 4 is 34.5 Å². The topological polar surface area (TPSA) is 71.1 Å². The van der Waals surface area contributed by atoms with E-state index in [0.717, 1.165) is 0 Å². The second-order valence-electron chi connectivity index (χ2n) is 3.55. The second-order valence-corrected chi connectivity index (χ2v) is 4.44. The van der Waals surface area contributed by atoms with Crippen LogP contribution in [0.2, 0.25) is 0 Å². The van der Waals surface area contributed by atoms with Crippen LogP contribution < -0.4 is 10.6 Å². The van der Waals surface area contributed by atoms with E-state index in [4.69, 9.17) is 0 Å². The lowest BCUT2D eigenvalue weighted by atomic mass is 10.2. The van der Waals surface area contributed by atoms with E-state index in [1.807, 2.05) is 0 Å². The number of benzene rings is 1. The normalized spacial score (nSPS) is 9.83. The van der Waals surface area contributed by atoms with Crippen molar-refractivity contribution in [3.05, 3.63) is 40.8 Å². The quantitative estimate of drug-likeness (QED) is 0.891. The molecule has 0 bridgehead atoms. The molecule has 0 unspecified atom stereocenters. The third kappa shape index (κ3) is 3.14. The maximum Gasteiger partial charge on any atom is 0.284 e. The fraction of sp³-hybridized carbons (Fsp3) is 0.0833. The Hall–Kier alpha value is -2.21. The third-order valence-electron chi connectivity index (χ3n) is 2.09. The van der Waals surface area contributed by atoms with Crippen LogP contribution in [0.4, 0.5) is 11.4 Å². The summed E-state index contributed by atoms with van der Waals surface area (Å²) in [6.07, 6.45) is 1.58. The molecule has 6 heteroatoms. The van der Waals surface area contributed by atoms with Gasteiger partial charge in [0.25, 0.3) is 5.91 Å². The maximum absolute atomic E-state index is 11.7. The third-order valence-corrected chi connectivity index (χ3v) is 2.86. The standard InChI is InChI=1S/C12H11N3O2S/c1-8(16)14-9-2-4-10(5-3-9)15-11(17)12-13-6-7-18-12/h2-7H,1H3,(H,14,16)(H,15,17). The van der Waals surface area contributed by atoms with Crippen LogP contribution in [0.25, 0.3) is 0 Å². The van der Waals surface area contributed by atoms with Gasteiger partial charge in [0.2, 0.25) is 5.91 Å². The molecule has 0 aliphatic heterocycles. The van der Waals surface area contributed by atoms with Crippen LogP contribution in [0.1, 0.15) is 16.7 Å². The number of carbonyl (C=O) groups is 2. The average molecular weight is 261 g/mol. The fourth-order valence-corrected chi connectivity index (χ4v) is 1.89. The van der Waals surface area contributed by atoms with E-state index in [1.54, 1.807) is 35.8 Å². The summed E-state index contributed by atoms with van der Waals surface area (Å²) in [7, 11) is 0. The number of rotatable bonds is 3. The maximum atomic E-state index is 11.7. The van der Waals surface area contributed by atoms with Gasteiger partial charge in [0.15, 0.2) is 5.01 Å². The van der Waals surface area contributed by atoms with E-state index in [2.05, 4.69) is 15.6 Å². The molecular weight excluding hydrogens is 250 g/mol. The van der Waals surface area contributed by atoms with Gasteiger partial charge < -0.3 is 10.6 Å². The van der Waals surface area contributed by atoms with Crippen molar-refractivity contribution in [3.63, 3.8) is 0 Å². The van der Waals surface area contributed by atoms with E-state index in [1.165, 1.54) is 18.3 Å². The molecule has 1 heterocycles. The molecule has 0 spiro atoms. The summed E-state index contributed by atoms with van der Waals surface area (Å²) in [6, 6.07) is 6.88. The minimum atomic E-state index is -0.239. The van der Waals surface area contributed by atoms with E-state index < -0.39 is 0 Å². The number of hydrogen-bond donors (Lipinski definition) is 2. The predicted molar refractivity (Wildman–Crippen MR) is 70.8 cm³/mol. The van der Waals surface area contributed by atoms with Crippen molar-refractivity contribution in [2.45, 2.75) is 6.92 Å². The molecule has 2 N–H and O–H groups in total. The van der Waals surface area contributed by atoms with Crippen LogP contribution in [-0.4, -0.2) is 16.8 Å². The Balaban J connectivity index is 2.02. The molecule has 0 aliphatic rings. The van der Waals surface area contributed by atoms with Gasteiger partial charge in [-0.15, -0.1) is 11.3 Å². The molecule has 0 saturated heterocycles. The van der Waals surface area contributed by atoms with E-state index in [-0.39, 0.29) is 11.8 Å². The van der Waals surface area contributed by atoms with Crippen LogP contribution in [0.3, 0.4) is 0 Å². The van der Waals surface area contributed by atoms with E-state index in [0.29, 0.717) is 16.4 Å². The Morgan fingerprint density at radius 1 is 1.11 bits per heavy atom. The largest absolute Gasteiger partial charge is 0.326 e. The molecule has 0 radical (unpaired) electrons. The number of aromatic nitrogens is 1. The van der Waals surface area contributed by atoms with Gasteiger partial charge in [-0.05, 0) is 24.3 Å². The number of nitrogens with one attached hydrogen (secondary N) is 2. The number of amides is 2. The average Bonchev–Trinajstić information content (AvgIpc) is 2.84. The molecule has 18 heavy (non-hydrogen) atoms. The van der Waals surface area contributed by atoms with Crippen molar-refractivity contribution in [2.75, 3.05) is 10.6 Å². The van der Waals surface area contributed by atoms with Crippen LogP contribution in [0.15, 0.2) is 35.8 Å². The molecule has 5 nitrogen and oxygen atoms in total. The molecule has 0 aliphatic carbocycles. The molecule has 0 saturated carbocycles. The van der Waals surface area contributed by atoms with Crippen molar-refractivity contribution in [3.8, 4) is 0 Å². The monoisotopic (exact) mass is 261 g/mol. The van der Waals surface area contributed by atoms with Crippen LogP contribution in [-0.2, 0) is 4.79 Å². The Labute approximate surface area is 108 Å². The van der Waals surface area contributed by atoms with Crippen molar-refractivity contribution in [2.24, 2.45) is 0 Å². The molecule has 2 amide bonds. The summed E-state index contributed by atoms with van der Waals surface area (Å²) >= 11 is 1.28. The number of anilines is 2. The van der Waals surface area contributed by atoms with Gasteiger partial charge in [0, 0.05) is 29.9 Å². The highest BCUT2D eigenvalue weighted by Crippen LogP contribution is 2.15. The highest BCUT2D eigenvalue weighted by molar-refractivity contribution is 7.11. The van der Waals surface area contributed by atoms with Crippen molar-refractivity contribution in [1.82, 2.24) is 4.98 Å². The second kappa shape index (κ2) is 5.42. The molecule has 0 atom stereocenters. The Morgan fingerprint density at radius 3 is 2.22 bits per heavy atom. The molecule has 0 fully saturated rings.